The monoisotopic (exact) mass is 162 g/mol. The molecule has 1 rings (SSSR count). The highest BCUT2D eigenvalue weighted by molar-refractivity contribution is 9.09. The van der Waals surface area contributed by atoms with Gasteiger partial charge in [0.25, 0.3) is 0 Å². The van der Waals surface area contributed by atoms with Crippen LogP contribution in [0.4, 0.5) is 0 Å². The molecule has 1 heteroatoms. The maximum absolute atomic E-state index is 3.57. The molecule has 0 radical (unpaired) electrons. The van der Waals surface area contributed by atoms with Crippen LogP contribution in [0.25, 0.3) is 0 Å². The lowest BCUT2D eigenvalue weighted by atomic mass is 10.1. The molecule has 1 aliphatic carbocycles. The Kier molecular flexibility index (Phi) is 1.00. The Hall–Kier alpha value is 0.480. The molecule has 0 aliphatic heterocycles. The van der Waals surface area contributed by atoms with Crippen molar-refractivity contribution in [3.8, 4) is 0 Å². The molecule has 0 aromatic carbocycles. The van der Waals surface area contributed by atoms with Gasteiger partial charge in [-0.2, -0.15) is 0 Å². The second-order valence-electron chi connectivity index (χ2n) is 3.01. The van der Waals surface area contributed by atoms with Gasteiger partial charge in [-0.1, -0.05) is 36.7 Å². The Morgan fingerprint density at radius 2 is 1.57 bits per heavy atom. The van der Waals surface area contributed by atoms with Crippen LogP contribution in [0.5, 0.6) is 0 Å². The zero-order valence-corrected chi connectivity index (χ0v) is 6.62. The number of alkyl halides is 1. The van der Waals surface area contributed by atoms with Gasteiger partial charge in [-0.3, -0.25) is 0 Å². The normalized spacial score (nSPS) is 46.3. The van der Waals surface area contributed by atoms with Gasteiger partial charge in [-0.05, 0) is 11.3 Å². The summed E-state index contributed by atoms with van der Waals surface area (Å²) in [5.41, 5.74) is 0.583. The Morgan fingerprint density at radius 3 is 1.57 bits per heavy atom. The Balaban J connectivity index is 2.52. The minimum atomic E-state index is 0.583. The summed E-state index contributed by atoms with van der Waals surface area (Å²) in [5.74, 6) is 0.882. The van der Waals surface area contributed by atoms with Crippen molar-refractivity contribution in [1.82, 2.24) is 0 Å². The van der Waals surface area contributed by atoms with E-state index >= 15 is 0 Å². The van der Waals surface area contributed by atoms with Crippen LogP contribution in [0.2, 0.25) is 0 Å². The minimum Gasteiger partial charge on any atom is -0.0882 e. The van der Waals surface area contributed by atoms with Gasteiger partial charge in [0.15, 0.2) is 0 Å². The minimum absolute atomic E-state index is 0.583. The van der Waals surface area contributed by atoms with Crippen LogP contribution in [0.1, 0.15) is 20.8 Å². The standard InChI is InChI=1S/C6H11Br/c1-4-5(7)6(4,2)3/h4-5H,1-3H3/t4-,5+/m0/s1. The van der Waals surface area contributed by atoms with Crippen molar-refractivity contribution < 1.29 is 0 Å². The first-order chi connectivity index (χ1) is 3.07. The van der Waals surface area contributed by atoms with E-state index in [1.807, 2.05) is 0 Å². The van der Waals surface area contributed by atoms with E-state index in [4.69, 9.17) is 0 Å². The molecule has 0 spiro atoms. The molecule has 0 unspecified atom stereocenters. The molecule has 2 atom stereocenters. The van der Waals surface area contributed by atoms with E-state index in [-0.39, 0.29) is 0 Å². The van der Waals surface area contributed by atoms with Crippen molar-refractivity contribution >= 4 is 15.9 Å². The average molecular weight is 163 g/mol. The first-order valence-electron chi connectivity index (χ1n) is 2.71. The highest BCUT2D eigenvalue weighted by Gasteiger charge is 2.52. The Labute approximate surface area is 53.4 Å². The van der Waals surface area contributed by atoms with E-state index in [1.54, 1.807) is 0 Å². The molecule has 0 bridgehead atoms. The molecular weight excluding hydrogens is 152 g/mol. The van der Waals surface area contributed by atoms with E-state index in [2.05, 4.69) is 36.7 Å². The van der Waals surface area contributed by atoms with Gasteiger partial charge in [0.1, 0.15) is 0 Å². The summed E-state index contributed by atoms with van der Waals surface area (Å²) in [6.07, 6.45) is 0. The van der Waals surface area contributed by atoms with Crippen molar-refractivity contribution in [3.05, 3.63) is 0 Å². The molecule has 0 N–H and O–H groups in total. The summed E-state index contributed by atoms with van der Waals surface area (Å²) in [6, 6.07) is 0. The van der Waals surface area contributed by atoms with Crippen molar-refractivity contribution in [3.63, 3.8) is 0 Å². The lowest BCUT2D eigenvalue weighted by Gasteiger charge is -1.93. The molecule has 1 saturated carbocycles. The third-order valence-electron chi connectivity index (χ3n) is 2.21. The molecule has 0 nitrogen and oxygen atoms in total. The van der Waals surface area contributed by atoms with Crippen LogP contribution >= 0.6 is 15.9 Å². The fourth-order valence-corrected chi connectivity index (χ4v) is 1.77. The largest absolute Gasteiger partial charge is 0.0882 e. The molecule has 1 aliphatic rings. The summed E-state index contributed by atoms with van der Waals surface area (Å²) in [7, 11) is 0. The molecule has 42 valence electrons. The van der Waals surface area contributed by atoms with E-state index in [9.17, 15) is 0 Å². The van der Waals surface area contributed by atoms with Crippen molar-refractivity contribution in [1.29, 1.82) is 0 Å². The van der Waals surface area contributed by atoms with Crippen LogP contribution in [0.15, 0.2) is 0 Å². The predicted octanol–water partition coefficient (Wildman–Crippen LogP) is 2.43. The zero-order valence-electron chi connectivity index (χ0n) is 5.03. The van der Waals surface area contributed by atoms with E-state index < -0.39 is 0 Å². The smallest absolute Gasteiger partial charge is 0.0230 e. The van der Waals surface area contributed by atoms with Crippen LogP contribution in [0, 0.1) is 11.3 Å². The fourth-order valence-electron chi connectivity index (χ4n) is 0.822. The van der Waals surface area contributed by atoms with E-state index in [0.29, 0.717) is 5.41 Å². The fraction of sp³-hybridized carbons (Fsp3) is 1.00. The zero-order chi connectivity index (χ0) is 5.65. The first kappa shape index (κ1) is 5.61. The quantitative estimate of drug-likeness (QED) is 0.481. The van der Waals surface area contributed by atoms with Crippen LogP contribution in [-0.2, 0) is 0 Å². The van der Waals surface area contributed by atoms with Crippen LogP contribution in [-0.4, -0.2) is 4.83 Å². The molecule has 0 aromatic heterocycles. The third kappa shape index (κ3) is 0.620. The third-order valence-corrected chi connectivity index (χ3v) is 4.19. The SMILES string of the molecule is C[C@H]1[C@@H](Br)C1(C)C. The second-order valence-corrected chi connectivity index (χ2v) is 4.00. The number of hydrogen-bond donors (Lipinski definition) is 0. The molecular formula is C6H11Br. The van der Waals surface area contributed by atoms with Crippen molar-refractivity contribution in [2.45, 2.75) is 25.6 Å². The van der Waals surface area contributed by atoms with Crippen LogP contribution < -0.4 is 0 Å². The van der Waals surface area contributed by atoms with Crippen LogP contribution in [0.3, 0.4) is 0 Å². The summed E-state index contributed by atoms with van der Waals surface area (Å²) in [5, 5.41) is 0. The van der Waals surface area contributed by atoms with Gasteiger partial charge < -0.3 is 0 Å². The number of hydrogen-bond acceptors (Lipinski definition) is 0. The first-order valence-corrected chi connectivity index (χ1v) is 3.62. The summed E-state index contributed by atoms with van der Waals surface area (Å²) in [4.78, 5) is 0.778. The lowest BCUT2D eigenvalue weighted by molar-refractivity contribution is 0.588. The van der Waals surface area contributed by atoms with Gasteiger partial charge in [0.2, 0.25) is 0 Å². The topological polar surface area (TPSA) is 0 Å². The highest BCUT2D eigenvalue weighted by Crippen LogP contribution is 2.56. The highest BCUT2D eigenvalue weighted by atomic mass is 79.9. The van der Waals surface area contributed by atoms with Gasteiger partial charge in [-0.15, -0.1) is 0 Å². The number of halogens is 1. The molecule has 0 heterocycles. The summed E-state index contributed by atoms with van der Waals surface area (Å²) < 4.78 is 0. The Morgan fingerprint density at radius 1 is 1.43 bits per heavy atom. The second kappa shape index (κ2) is 1.25. The van der Waals surface area contributed by atoms with E-state index in [1.165, 1.54) is 0 Å². The lowest BCUT2D eigenvalue weighted by Crippen LogP contribution is -1.86. The van der Waals surface area contributed by atoms with Crippen molar-refractivity contribution in [2.24, 2.45) is 11.3 Å². The van der Waals surface area contributed by atoms with Gasteiger partial charge in [0.05, 0.1) is 0 Å². The predicted molar refractivity (Wildman–Crippen MR) is 35.7 cm³/mol. The molecule has 0 amide bonds. The summed E-state index contributed by atoms with van der Waals surface area (Å²) in [6.45, 7) is 6.85. The maximum Gasteiger partial charge on any atom is 0.0230 e. The van der Waals surface area contributed by atoms with Crippen molar-refractivity contribution in [2.75, 3.05) is 0 Å². The average Bonchev–Trinajstić information content (AvgIpc) is 1.91. The molecule has 0 saturated heterocycles. The van der Waals surface area contributed by atoms with E-state index in [0.717, 1.165) is 10.7 Å². The van der Waals surface area contributed by atoms with Gasteiger partial charge in [0, 0.05) is 4.83 Å². The maximum atomic E-state index is 3.57. The van der Waals surface area contributed by atoms with Gasteiger partial charge >= 0.3 is 0 Å². The molecule has 7 heavy (non-hydrogen) atoms. The Bertz CT molecular complexity index is 76.2. The summed E-state index contributed by atoms with van der Waals surface area (Å²) >= 11 is 3.57. The molecule has 0 aromatic rings. The van der Waals surface area contributed by atoms with Gasteiger partial charge in [-0.25, -0.2) is 0 Å². The number of rotatable bonds is 0. The molecule has 1 fully saturated rings.